The quantitative estimate of drug-likeness (QED) is 0.463. The Bertz CT molecular complexity index is 1270. The van der Waals surface area contributed by atoms with Crippen molar-refractivity contribution < 1.29 is 19.1 Å². The van der Waals surface area contributed by atoms with Crippen LogP contribution in [0.5, 0.6) is 11.5 Å². The van der Waals surface area contributed by atoms with E-state index in [9.17, 15) is 14.4 Å². The molecular formula is C27H29N5O4. The Morgan fingerprint density at radius 2 is 1.83 bits per heavy atom. The topological polar surface area (TPSA) is 120 Å². The first kappa shape index (κ1) is 24.7. The van der Waals surface area contributed by atoms with Crippen molar-refractivity contribution in [2.75, 3.05) is 18.4 Å². The molecule has 0 bridgehead atoms. The highest BCUT2D eigenvalue weighted by atomic mass is 16.5. The van der Waals surface area contributed by atoms with Gasteiger partial charge >= 0.3 is 0 Å². The van der Waals surface area contributed by atoms with E-state index in [0.29, 0.717) is 35.8 Å². The second-order valence-corrected chi connectivity index (χ2v) is 8.63. The molecular weight excluding hydrogens is 458 g/mol. The number of nitrogens with zero attached hydrogens (tertiary/aromatic N) is 3. The van der Waals surface area contributed by atoms with E-state index in [4.69, 9.17) is 15.6 Å². The Labute approximate surface area is 209 Å². The summed E-state index contributed by atoms with van der Waals surface area (Å²) in [5, 5.41) is 7.47. The van der Waals surface area contributed by atoms with E-state index in [1.165, 1.54) is 6.92 Å². The fraction of sp³-hybridized carbons (Fsp3) is 0.259. The summed E-state index contributed by atoms with van der Waals surface area (Å²) in [7, 11) is 0. The second-order valence-electron chi connectivity index (χ2n) is 8.63. The maximum absolute atomic E-state index is 12.6. The molecule has 0 spiro atoms. The van der Waals surface area contributed by atoms with Gasteiger partial charge in [-0.15, -0.1) is 6.58 Å². The third-order valence-corrected chi connectivity index (χ3v) is 5.97. The Morgan fingerprint density at radius 3 is 2.47 bits per heavy atom. The zero-order valence-electron chi connectivity index (χ0n) is 20.1. The minimum Gasteiger partial charge on any atom is -0.457 e. The number of primary amides is 1. The molecule has 1 aliphatic heterocycles. The number of benzene rings is 2. The number of likely N-dealkylation sites (tertiary alicyclic amines) is 1. The summed E-state index contributed by atoms with van der Waals surface area (Å²) in [6.07, 6.45) is 3.32. The number of hydrogen-bond acceptors (Lipinski definition) is 5. The van der Waals surface area contributed by atoms with Gasteiger partial charge in [0.05, 0.1) is 6.04 Å². The van der Waals surface area contributed by atoms with Crippen LogP contribution in [-0.2, 0) is 9.59 Å². The monoisotopic (exact) mass is 487 g/mol. The van der Waals surface area contributed by atoms with Gasteiger partial charge in [0, 0.05) is 32.0 Å². The van der Waals surface area contributed by atoms with E-state index in [-0.39, 0.29) is 35.7 Å². The molecule has 3 aromatic rings. The van der Waals surface area contributed by atoms with Crippen molar-refractivity contribution in [3.8, 4) is 22.8 Å². The molecule has 0 saturated carbocycles. The molecule has 9 nitrogen and oxygen atoms in total. The van der Waals surface area contributed by atoms with Crippen molar-refractivity contribution in [3.05, 3.63) is 72.8 Å². The first-order valence-corrected chi connectivity index (χ1v) is 11.8. The number of ether oxygens (including phenoxy) is 1. The van der Waals surface area contributed by atoms with E-state index < -0.39 is 5.91 Å². The van der Waals surface area contributed by atoms with Crippen molar-refractivity contribution in [1.29, 1.82) is 0 Å². The minimum atomic E-state index is -0.708. The number of rotatable bonds is 8. The van der Waals surface area contributed by atoms with Gasteiger partial charge in [-0.2, -0.15) is 5.10 Å². The predicted octanol–water partition coefficient (Wildman–Crippen LogP) is 4.14. The third kappa shape index (κ3) is 5.46. The highest BCUT2D eigenvalue weighted by Gasteiger charge is 2.31. The molecule has 1 atom stereocenters. The summed E-state index contributed by atoms with van der Waals surface area (Å²) in [5.41, 5.74) is 6.89. The Morgan fingerprint density at radius 1 is 1.14 bits per heavy atom. The molecule has 1 aromatic heterocycles. The van der Waals surface area contributed by atoms with Gasteiger partial charge in [0.1, 0.15) is 28.6 Å². The highest BCUT2D eigenvalue weighted by Crippen LogP contribution is 2.35. The lowest BCUT2D eigenvalue weighted by molar-refractivity contribution is -0.132. The molecule has 1 unspecified atom stereocenters. The summed E-state index contributed by atoms with van der Waals surface area (Å²) in [6.45, 7) is 6.05. The smallest absolute Gasteiger partial charge is 0.254 e. The highest BCUT2D eigenvalue weighted by molar-refractivity contribution is 6.06. The lowest BCUT2D eigenvalue weighted by atomic mass is 10.0. The molecule has 2 aromatic carbocycles. The summed E-state index contributed by atoms with van der Waals surface area (Å²) in [4.78, 5) is 38.9. The van der Waals surface area contributed by atoms with Crippen LogP contribution >= 0.6 is 0 Å². The number of piperidine rings is 1. The van der Waals surface area contributed by atoms with Crippen LogP contribution < -0.4 is 15.8 Å². The summed E-state index contributed by atoms with van der Waals surface area (Å²) >= 11 is 0. The SMILES string of the molecule is C=CCC(=O)N1CCCC(n2nc(-c3ccc(Oc4ccccc4)cc3)c(C(N)=O)c2NC(C)=O)C1. The Kier molecular flexibility index (Phi) is 7.48. The fourth-order valence-corrected chi connectivity index (χ4v) is 4.36. The fourth-order valence-electron chi connectivity index (χ4n) is 4.36. The van der Waals surface area contributed by atoms with Gasteiger partial charge in [0.2, 0.25) is 11.8 Å². The standard InChI is InChI=1S/C27H29N5O4/c1-3-8-23(34)31-16-7-9-20(17-31)32-27(29-18(2)33)24(26(28)35)25(30-32)19-12-14-22(15-13-19)36-21-10-5-4-6-11-21/h3-6,10-15,20H,1,7-9,16-17H2,2H3,(H2,28,35)(H,29,33). The van der Waals surface area contributed by atoms with Gasteiger partial charge in [-0.25, -0.2) is 4.68 Å². The van der Waals surface area contributed by atoms with Crippen LogP contribution in [0.25, 0.3) is 11.3 Å². The van der Waals surface area contributed by atoms with Crippen LogP contribution in [0.4, 0.5) is 5.82 Å². The number of anilines is 1. The first-order chi connectivity index (χ1) is 17.4. The van der Waals surface area contributed by atoms with E-state index in [1.54, 1.807) is 39.9 Å². The molecule has 9 heteroatoms. The largest absolute Gasteiger partial charge is 0.457 e. The van der Waals surface area contributed by atoms with Gasteiger partial charge in [-0.05, 0) is 49.2 Å². The number of amides is 3. The van der Waals surface area contributed by atoms with E-state index >= 15 is 0 Å². The predicted molar refractivity (Wildman–Crippen MR) is 137 cm³/mol. The van der Waals surface area contributed by atoms with Crippen LogP contribution in [0, 0.1) is 0 Å². The van der Waals surface area contributed by atoms with Crippen molar-refractivity contribution in [3.63, 3.8) is 0 Å². The van der Waals surface area contributed by atoms with E-state index in [1.807, 2.05) is 30.3 Å². The molecule has 3 amide bonds. The molecule has 1 fully saturated rings. The molecule has 36 heavy (non-hydrogen) atoms. The maximum atomic E-state index is 12.6. The van der Waals surface area contributed by atoms with Crippen molar-refractivity contribution in [2.45, 2.75) is 32.2 Å². The van der Waals surface area contributed by atoms with Gasteiger partial charge in [0.15, 0.2) is 0 Å². The summed E-state index contributed by atoms with van der Waals surface area (Å²) in [6, 6.07) is 16.3. The number of nitrogens with one attached hydrogen (secondary N) is 1. The molecule has 4 rings (SSSR count). The van der Waals surface area contributed by atoms with E-state index in [0.717, 1.165) is 12.8 Å². The third-order valence-electron chi connectivity index (χ3n) is 5.97. The lowest BCUT2D eigenvalue weighted by Gasteiger charge is -2.33. The lowest BCUT2D eigenvalue weighted by Crippen LogP contribution is -2.41. The van der Waals surface area contributed by atoms with Gasteiger partial charge in [-0.1, -0.05) is 24.3 Å². The molecule has 2 heterocycles. The Hall–Kier alpha value is -4.40. The van der Waals surface area contributed by atoms with Crippen LogP contribution in [0.3, 0.4) is 0 Å². The van der Waals surface area contributed by atoms with Gasteiger partial charge in [0.25, 0.3) is 5.91 Å². The molecule has 1 saturated heterocycles. The van der Waals surface area contributed by atoms with Gasteiger partial charge in [-0.3, -0.25) is 14.4 Å². The van der Waals surface area contributed by atoms with E-state index in [2.05, 4.69) is 11.9 Å². The first-order valence-electron chi connectivity index (χ1n) is 11.8. The number of nitrogens with two attached hydrogens (primary N) is 1. The number of carbonyl (C=O) groups is 3. The number of hydrogen-bond donors (Lipinski definition) is 2. The van der Waals surface area contributed by atoms with Crippen molar-refractivity contribution >= 4 is 23.5 Å². The molecule has 1 aliphatic rings. The number of para-hydroxylation sites is 1. The number of aromatic nitrogens is 2. The van der Waals surface area contributed by atoms with Crippen LogP contribution in [-0.4, -0.2) is 45.5 Å². The van der Waals surface area contributed by atoms with Gasteiger partial charge < -0.3 is 20.7 Å². The van der Waals surface area contributed by atoms with Crippen molar-refractivity contribution in [2.24, 2.45) is 5.73 Å². The average molecular weight is 488 g/mol. The minimum absolute atomic E-state index is 0.0210. The van der Waals surface area contributed by atoms with Crippen LogP contribution in [0.2, 0.25) is 0 Å². The summed E-state index contributed by atoms with van der Waals surface area (Å²) < 4.78 is 7.48. The molecule has 186 valence electrons. The average Bonchev–Trinajstić information content (AvgIpc) is 3.24. The zero-order valence-corrected chi connectivity index (χ0v) is 20.1. The normalized spacial score (nSPS) is 15.2. The second kappa shape index (κ2) is 10.9. The van der Waals surface area contributed by atoms with Crippen LogP contribution in [0.1, 0.15) is 42.6 Å². The molecule has 0 aliphatic carbocycles. The number of carbonyl (C=O) groups excluding carboxylic acids is 3. The zero-order chi connectivity index (χ0) is 25.7. The van der Waals surface area contributed by atoms with Crippen LogP contribution in [0.15, 0.2) is 67.3 Å². The summed E-state index contributed by atoms with van der Waals surface area (Å²) in [5.74, 6) is 0.473. The Balaban J connectivity index is 1.70. The van der Waals surface area contributed by atoms with Crippen molar-refractivity contribution in [1.82, 2.24) is 14.7 Å². The maximum Gasteiger partial charge on any atom is 0.254 e. The molecule has 0 radical (unpaired) electrons. The molecule has 3 N–H and O–H groups in total.